The molecule has 1 N–H and O–H groups in total. The second kappa shape index (κ2) is 10.5. The molecule has 1 fully saturated rings. The number of aromatic amines is 1. The first-order valence-electron chi connectivity index (χ1n) is 11.0. The molecular formula is C26H26N4O3. The van der Waals surface area contributed by atoms with Crippen LogP contribution in [0.2, 0.25) is 0 Å². The Labute approximate surface area is 192 Å². The van der Waals surface area contributed by atoms with Crippen molar-refractivity contribution in [3.8, 4) is 11.6 Å². The highest BCUT2D eigenvalue weighted by molar-refractivity contribution is 6.08. The van der Waals surface area contributed by atoms with Crippen molar-refractivity contribution in [2.45, 2.75) is 26.2 Å². The van der Waals surface area contributed by atoms with Gasteiger partial charge in [-0.25, -0.2) is 9.97 Å². The number of likely N-dealkylation sites (tertiary alicyclic amines) is 1. The minimum Gasteiger partial charge on any atom is -0.439 e. The summed E-state index contributed by atoms with van der Waals surface area (Å²) in [6.07, 6.45) is 5.34. The lowest BCUT2D eigenvalue weighted by molar-refractivity contribution is -0.129. The van der Waals surface area contributed by atoms with Crippen LogP contribution in [-0.2, 0) is 4.79 Å². The molecular weight excluding hydrogens is 416 g/mol. The Morgan fingerprint density at radius 2 is 1.64 bits per heavy atom. The van der Waals surface area contributed by atoms with Crippen LogP contribution in [0.1, 0.15) is 42.4 Å². The van der Waals surface area contributed by atoms with Crippen molar-refractivity contribution in [3.63, 3.8) is 0 Å². The van der Waals surface area contributed by atoms with Gasteiger partial charge in [-0.15, -0.1) is 0 Å². The fourth-order valence-corrected chi connectivity index (χ4v) is 3.61. The smallest absolute Gasteiger partial charge is 0.228 e. The molecule has 1 aliphatic heterocycles. The lowest BCUT2D eigenvalue weighted by Gasteiger charge is -2.24. The summed E-state index contributed by atoms with van der Waals surface area (Å²) < 4.78 is 5.62. The number of imidazole rings is 1. The third-order valence-corrected chi connectivity index (χ3v) is 5.38. The maximum atomic E-state index is 12.5. The monoisotopic (exact) mass is 442 g/mol. The fourth-order valence-electron chi connectivity index (χ4n) is 3.61. The van der Waals surface area contributed by atoms with E-state index in [2.05, 4.69) is 15.0 Å². The SMILES string of the molecule is CC(=O)N1CCCCC1.O=C(c1ccc(Oc2ccccn2)cc1)c1nc2ccccc2[nH]1. The normalized spacial score (nSPS) is 13.2. The number of hydrogen-bond donors (Lipinski definition) is 1. The van der Waals surface area contributed by atoms with Gasteiger partial charge in [0.2, 0.25) is 17.6 Å². The van der Waals surface area contributed by atoms with Crippen LogP contribution in [0, 0.1) is 0 Å². The summed E-state index contributed by atoms with van der Waals surface area (Å²) in [5.74, 6) is 1.53. The summed E-state index contributed by atoms with van der Waals surface area (Å²) in [5.41, 5.74) is 2.16. The van der Waals surface area contributed by atoms with Crippen molar-refractivity contribution < 1.29 is 14.3 Å². The van der Waals surface area contributed by atoms with E-state index in [1.807, 2.05) is 41.3 Å². The highest BCUT2D eigenvalue weighted by atomic mass is 16.5. The number of amides is 1. The molecule has 0 saturated carbocycles. The maximum Gasteiger partial charge on any atom is 0.228 e. The van der Waals surface area contributed by atoms with Gasteiger partial charge in [-0.05, 0) is 61.7 Å². The van der Waals surface area contributed by atoms with Crippen molar-refractivity contribution in [1.29, 1.82) is 0 Å². The van der Waals surface area contributed by atoms with Crippen molar-refractivity contribution in [2.75, 3.05) is 13.1 Å². The Balaban J connectivity index is 0.000000243. The van der Waals surface area contributed by atoms with E-state index in [1.165, 1.54) is 19.3 Å². The van der Waals surface area contributed by atoms with E-state index >= 15 is 0 Å². The van der Waals surface area contributed by atoms with Crippen molar-refractivity contribution in [2.24, 2.45) is 0 Å². The number of pyridine rings is 1. The molecule has 0 aliphatic carbocycles. The number of fused-ring (bicyclic) bond motifs is 1. The standard InChI is InChI=1S/C19H13N3O2.C7H13NO/c23-18(19-21-15-5-1-2-6-16(15)22-19)13-8-10-14(11-9-13)24-17-7-3-4-12-20-17;1-7(9)8-5-3-2-4-6-8/h1-12H,(H,21,22);2-6H2,1H3. The number of para-hydroxylation sites is 2. The Hall–Kier alpha value is -4.00. The van der Waals surface area contributed by atoms with E-state index in [1.54, 1.807) is 43.5 Å². The predicted octanol–water partition coefficient (Wildman–Crippen LogP) is 5.00. The van der Waals surface area contributed by atoms with Crippen LogP contribution in [-0.4, -0.2) is 44.6 Å². The van der Waals surface area contributed by atoms with Gasteiger partial charge in [0, 0.05) is 37.8 Å². The molecule has 1 saturated heterocycles. The van der Waals surface area contributed by atoms with Gasteiger partial charge in [0.15, 0.2) is 5.82 Å². The van der Waals surface area contributed by atoms with E-state index in [0.717, 1.165) is 24.1 Å². The van der Waals surface area contributed by atoms with E-state index < -0.39 is 0 Å². The van der Waals surface area contributed by atoms with Crippen LogP contribution >= 0.6 is 0 Å². The summed E-state index contributed by atoms with van der Waals surface area (Å²) in [7, 11) is 0. The van der Waals surface area contributed by atoms with Crippen LogP contribution in [0.15, 0.2) is 72.9 Å². The molecule has 7 heteroatoms. The molecule has 3 heterocycles. The molecule has 2 aromatic carbocycles. The van der Waals surface area contributed by atoms with Crippen molar-refractivity contribution >= 4 is 22.7 Å². The molecule has 0 bridgehead atoms. The summed E-state index contributed by atoms with van der Waals surface area (Å²) in [5, 5.41) is 0. The highest BCUT2D eigenvalue weighted by Gasteiger charge is 2.14. The average molecular weight is 443 g/mol. The number of piperidine rings is 1. The third kappa shape index (κ3) is 5.83. The Morgan fingerprint density at radius 3 is 2.27 bits per heavy atom. The lowest BCUT2D eigenvalue weighted by atomic mass is 10.1. The molecule has 0 radical (unpaired) electrons. The van der Waals surface area contributed by atoms with E-state index in [0.29, 0.717) is 23.0 Å². The predicted molar refractivity (Wildman–Crippen MR) is 126 cm³/mol. The summed E-state index contributed by atoms with van der Waals surface area (Å²) in [4.78, 5) is 36.7. The van der Waals surface area contributed by atoms with Crippen LogP contribution < -0.4 is 4.74 Å². The Kier molecular flexibility index (Phi) is 7.09. The number of benzene rings is 2. The summed E-state index contributed by atoms with van der Waals surface area (Å²) in [6, 6.07) is 19.9. The molecule has 4 aromatic rings. The van der Waals surface area contributed by atoms with Gasteiger partial charge < -0.3 is 14.6 Å². The van der Waals surface area contributed by atoms with Crippen LogP contribution in [0.5, 0.6) is 11.6 Å². The number of nitrogens with zero attached hydrogens (tertiary/aromatic N) is 3. The second-order valence-electron chi connectivity index (χ2n) is 7.79. The molecule has 0 unspecified atom stereocenters. The van der Waals surface area contributed by atoms with E-state index in [9.17, 15) is 9.59 Å². The molecule has 0 spiro atoms. The summed E-state index contributed by atoms with van der Waals surface area (Å²) >= 11 is 0. The molecule has 33 heavy (non-hydrogen) atoms. The van der Waals surface area contributed by atoms with Crippen molar-refractivity contribution in [1.82, 2.24) is 19.9 Å². The number of ketones is 1. The van der Waals surface area contributed by atoms with Gasteiger partial charge >= 0.3 is 0 Å². The Bertz CT molecular complexity index is 1180. The first-order valence-corrected chi connectivity index (χ1v) is 11.0. The number of H-pyrrole nitrogens is 1. The molecule has 1 aliphatic rings. The van der Waals surface area contributed by atoms with E-state index in [4.69, 9.17) is 4.74 Å². The number of nitrogens with one attached hydrogen (secondary N) is 1. The van der Waals surface area contributed by atoms with Crippen molar-refractivity contribution in [3.05, 3.63) is 84.3 Å². The summed E-state index contributed by atoms with van der Waals surface area (Å²) in [6.45, 7) is 3.61. The number of aromatic nitrogens is 3. The molecule has 1 amide bonds. The largest absolute Gasteiger partial charge is 0.439 e. The average Bonchev–Trinajstić information content (AvgIpc) is 3.30. The minimum absolute atomic E-state index is 0.157. The zero-order valence-electron chi connectivity index (χ0n) is 18.5. The van der Waals surface area contributed by atoms with Crippen LogP contribution in [0.25, 0.3) is 11.0 Å². The van der Waals surface area contributed by atoms with Gasteiger partial charge in [0.25, 0.3) is 0 Å². The van der Waals surface area contributed by atoms with Gasteiger partial charge in [-0.2, -0.15) is 0 Å². The quantitative estimate of drug-likeness (QED) is 0.449. The first-order chi connectivity index (χ1) is 16.1. The van der Waals surface area contributed by atoms with E-state index in [-0.39, 0.29) is 11.7 Å². The van der Waals surface area contributed by atoms with Gasteiger partial charge in [0.05, 0.1) is 11.0 Å². The topological polar surface area (TPSA) is 88.2 Å². The number of carbonyl (C=O) groups is 2. The Morgan fingerprint density at radius 1 is 0.909 bits per heavy atom. The zero-order valence-corrected chi connectivity index (χ0v) is 18.5. The second-order valence-corrected chi connectivity index (χ2v) is 7.79. The molecule has 5 rings (SSSR count). The molecule has 2 aromatic heterocycles. The van der Waals surface area contributed by atoms with Gasteiger partial charge in [0.1, 0.15) is 5.75 Å². The number of ether oxygens (including phenoxy) is 1. The highest BCUT2D eigenvalue weighted by Crippen LogP contribution is 2.21. The lowest BCUT2D eigenvalue weighted by Crippen LogP contribution is -2.33. The zero-order chi connectivity index (χ0) is 23.0. The van der Waals surface area contributed by atoms with Gasteiger partial charge in [-0.3, -0.25) is 9.59 Å². The first kappa shape index (κ1) is 22.2. The third-order valence-electron chi connectivity index (χ3n) is 5.38. The molecule has 0 atom stereocenters. The number of hydrogen-bond acceptors (Lipinski definition) is 5. The molecule has 7 nitrogen and oxygen atoms in total. The van der Waals surface area contributed by atoms with Crippen LogP contribution in [0.4, 0.5) is 0 Å². The van der Waals surface area contributed by atoms with Gasteiger partial charge in [-0.1, -0.05) is 18.2 Å². The van der Waals surface area contributed by atoms with Crippen LogP contribution in [0.3, 0.4) is 0 Å². The number of carbonyl (C=O) groups excluding carboxylic acids is 2. The number of rotatable bonds is 4. The molecule has 168 valence electrons. The minimum atomic E-state index is -0.157. The fraction of sp³-hybridized carbons (Fsp3) is 0.231. The maximum absolute atomic E-state index is 12.5.